The van der Waals surface area contributed by atoms with Crippen LogP contribution in [0.5, 0.6) is 0 Å². The van der Waals surface area contributed by atoms with Crippen LogP contribution in [0.15, 0.2) is 24.3 Å². The Morgan fingerprint density at radius 1 is 1.28 bits per heavy atom. The fraction of sp³-hybridized carbons (Fsp3) is 0.333. The Labute approximate surface area is 115 Å². The molecule has 0 radical (unpaired) electrons. The second kappa shape index (κ2) is 6.68. The molecule has 0 spiro atoms. The first-order valence-corrected chi connectivity index (χ1v) is 6.86. The van der Waals surface area contributed by atoms with Crippen LogP contribution in [0.3, 0.4) is 0 Å². The van der Waals surface area contributed by atoms with Crippen LogP contribution in [0, 0.1) is 0 Å². The summed E-state index contributed by atoms with van der Waals surface area (Å²) in [6, 6.07) is 7.65. The number of hydrogen-bond donors (Lipinski definition) is 1. The fourth-order valence-electron chi connectivity index (χ4n) is 1.40. The molecule has 6 heteroatoms. The lowest BCUT2D eigenvalue weighted by atomic mass is 10.2. The number of halogens is 1. The van der Waals surface area contributed by atoms with Crippen LogP contribution >= 0.6 is 22.9 Å². The van der Waals surface area contributed by atoms with Crippen molar-refractivity contribution >= 4 is 28.1 Å². The lowest BCUT2D eigenvalue weighted by Gasteiger charge is -2.03. The molecular formula is C12H14ClN3OS. The molecule has 4 nitrogen and oxygen atoms in total. The molecule has 0 unspecified atom stereocenters. The number of ether oxygens (including phenoxy) is 1. The molecule has 1 heterocycles. The number of anilines is 1. The van der Waals surface area contributed by atoms with E-state index in [0.29, 0.717) is 13.2 Å². The molecule has 0 atom stereocenters. The van der Waals surface area contributed by atoms with E-state index >= 15 is 0 Å². The number of benzene rings is 1. The topological polar surface area (TPSA) is 47.0 Å². The summed E-state index contributed by atoms with van der Waals surface area (Å²) >= 11 is 7.54. The molecule has 1 aromatic heterocycles. The van der Waals surface area contributed by atoms with Gasteiger partial charge in [-0.25, -0.2) is 0 Å². The monoisotopic (exact) mass is 283 g/mol. The molecule has 0 saturated heterocycles. The molecule has 0 bridgehead atoms. The summed E-state index contributed by atoms with van der Waals surface area (Å²) in [5.74, 6) is 0. The zero-order valence-electron chi connectivity index (χ0n) is 10.0. The number of hydrogen-bond acceptors (Lipinski definition) is 5. The fourth-order valence-corrected chi connectivity index (χ4v) is 2.33. The van der Waals surface area contributed by atoms with Gasteiger partial charge in [0, 0.05) is 11.6 Å². The highest BCUT2D eigenvalue weighted by molar-refractivity contribution is 7.15. The molecule has 0 aliphatic rings. The van der Waals surface area contributed by atoms with Crippen molar-refractivity contribution in [3.05, 3.63) is 39.9 Å². The van der Waals surface area contributed by atoms with E-state index in [4.69, 9.17) is 16.3 Å². The minimum Gasteiger partial charge on any atom is -0.369 e. The van der Waals surface area contributed by atoms with E-state index in [1.165, 1.54) is 11.3 Å². The molecule has 0 aliphatic heterocycles. The van der Waals surface area contributed by atoms with E-state index in [9.17, 15) is 0 Å². The predicted molar refractivity (Wildman–Crippen MR) is 74.0 cm³/mol. The summed E-state index contributed by atoms with van der Waals surface area (Å²) in [6.07, 6.45) is 0. The summed E-state index contributed by atoms with van der Waals surface area (Å²) in [5.41, 5.74) is 0.982. The third kappa shape index (κ3) is 3.66. The normalized spacial score (nSPS) is 10.6. The highest BCUT2D eigenvalue weighted by Gasteiger charge is 2.04. The van der Waals surface area contributed by atoms with Crippen LogP contribution in [-0.2, 0) is 18.0 Å². The standard InChI is InChI=1S/C12H14ClN3OS/c1-2-14-12-16-15-11(18-12)8-17-7-9-5-3-4-6-10(9)13/h3-6H,2,7-8H2,1H3,(H,14,16). The van der Waals surface area contributed by atoms with Gasteiger partial charge in [0.25, 0.3) is 0 Å². The average molecular weight is 284 g/mol. The van der Waals surface area contributed by atoms with Gasteiger partial charge < -0.3 is 10.1 Å². The maximum absolute atomic E-state index is 6.04. The molecule has 2 aromatic rings. The van der Waals surface area contributed by atoms with Gasteiger partial charge in [0.15, 0.2) is 0 Å². The minimum atomic E-state index is 0.453. The highest BCUT2D eigenvalue weighted by atomic mass is 35.5. The van der Waals surface area contributed by atoms with Crippen molar-refractivity contribution in [1.82, 2.24) is 10.2 Å². The minimum absolute atomic E-state index is 0.453. The van der Waals surface area contributed by atoms with Gasteiger partial charge in [-0.05, 0) is 18.6 Å². The zero-order valence-corrected chi connectivity index (χ0v) is 11.6. The molecule has 0 fully saturated rings. The van der Waals surface area contributed by atoms with Crippen LogP contribution in [0.25, 0.3) is 0 Å². The summed E-state index contributed by atoms with van der Waals surface area (Å²) in [7, 11) is 0. The second-order valence-corrected chi connectivity index (χ2v) is 5.08. The summed E-state index contributed by atoms with van der Waals surface area (Å²) in [5, 5.41) is 13.6. The predicted octanol–water partition coefficient (Wildman–Crippen LogP) is 3.34. The van der Waals surface area contributed by atoms with Gasteiger partial charge in [-0.15, -0.1) is 10.2 Å². The Kier molecular flexibility index (Phi) is 4.92. The average Bonchev–Trinajstić information content (AvgIpc) is 2.80. The van der Waals surface area contributed by atoms with E-state index in [0.717, 1.165) is 27.3 Å². The Hall–Kier alpha value is -1.17. The van der Waals surface area contributed by atoms with Gasteiger partial charge in [0.05, 0.1) is 6.61 Å². The molecule has 96 valence electrons. The summed E-state index contributed by atoms with van der Waals surface area (Å²) in [4.78, 5) is 0. The van der Waals surface area contributed by atoms with Crippen LogP contribution in [0.4, 0.5) is 5.13 Å². The van der Waals surface area contributed by atoms with Crippen molar-refractivity contribution in [1.29, 1.82) is 0 Å². The second-order valence-electron chi connectivity index (χ2n) is 3.62. The maximum Gasteiger partial charge on any atom is 0.205 e. The van der Waals surface area contributed by atoms with Crippen molar-refractivity contribution in [2.75, 3.05) is 11.9 Å². The van der Waals surface area contributed by atoms with Gasteiger partial charge in [-0.1, -0.05) is 41.1 Å². The molecule has 0 aliphatic carbocycles. The van der Waals surface area contributed by atoms with E-state index < -0.39 is 0 Å². The largest absolute Gasteiger partial charge is 0.369 e. The van der Waals surface area contributed by atoms with Crippen molar-refractivity contribution < 1.29 is 4.74 Å². The van der Waals surface area contributed by atoms with Crippen molar-refractivity contribution in [3.8, 4) is 0 Å². The number of rotatable bonds is 6. The third-order valence-corrected chi connectivity index (χ3v) is 3.46. The van der Waals surface area contributed by atoms with Crippen LogP contribution in [0.2, 0.25) is 5.02 Å². The lowest BCUT2D eigenvalue weighted by molar-refractivity contribution is 0.106. The molecule has 2 rings (SSSR count). The van der Waals surface area contributed by atoms with Crippen LogP contribution < -0.4 is 5.32 Å². The van der Waals surface area contributed by atoms with Gasteiger partial charge in [-0.3, -0.25) is 0 Å². The van der Waals surface area contributed by atoms with E-state index in [-0.39, 0.29) is 0 Å². The number of aromatic nitrogens is 2. The van der Waals surface area contributed by atoms with E-state index in [1.807, 2.05) is 31.2 Å². The van der Waals surface area contributed by atoms with Crippen LogP contribution in [0.1, 0.15) is 17.5 Å². The maximum atomic E-state index is 6.04. The summed E-state index contributed by atoms with van der Waals surface area (Å²) < 4.78 is 5.57. The smallest absolute Gasteiger partial charge is 0.205 e. The number of nitrogens with zero attached hydrogens (tertiary/aromatic N) is 2. The Bertz CT molecular complexity index is 504. The first-order valence-electron chi connectivity index (χ1n) is 5.67. The first-order chi connectivity index (χ1) is 8.79. The van der Waals surface area contributed by atoms with Crippen molar-refractivity contribution in [2.45, 2.75) is 20.1 Å². The molecular weight excluding hydrogens is 270 g/mol. The van der Waals surface area contributed by atoms with Crippen molar-refractivity contribution in [3.63, 3.8) is 0 Å². The molecule has 1 N–H and O–H groups in total. The molecule has 1 aromatic carbocycles. The molecule has 18 heavy (non-hydrogen) atoms. The van der Waals surface area contributed by atoms with E-state index in [2.05, 4.69) is 15.5 Å². The molecule has 0 saturated carbocycles. The van der Waals surface area contributed by atoms with Crippen LogP contribution in [-0.4, -0.2) is 16.7 Å². The Balaban J connectivity index is 1.83. The van der Waals surface area contributed by atoms with Crippen molar-refractivity contribution in [2.24, 2.45) is 0 Å². The number of nitrogens with one attached hydrogen (secondary N) is 1. The quantitative estimate of drug-likeness (QED) is 0.883. The molecule has 0 amide bonds. The lowest BCUT2D eigenvalue weighted by Crippen LogP contribution is -1.94. The Morgan fingerprint density at radius 2 is 2.11 bits per heavy atom. The zero-order chi connectivity index (χ0) is 12.8. The van der Waals surface area contributed by atoms with E-state index in [1.54, 1.807) is 0 Å². The SMILES string of the molecule is CCNc1nnc(COCc2ccccc2Cl)s1. The van der Waals surface area contributed by atoms with Gasteiger partial charge in [0.2, 0.25) is 5.13 Å². The van der Waals surface area contributed by atoms with Gasteiger partial charge >= 0.3 is 0 Å². The highest BCUT2D eigenvalue weighted by Crippen LogP contribution is 2.18. The first kappa shape index (κ1) is 13.3. The van der Waals surface area contributed by atoms with Gasteiger partial charge in [0.1, 0.15) is 11.6 Å². The third-order valence-electron chi connectivity index (χ3n) is 2.24. The Morgan fingerprint density at radius 3 is 2.89 bits per heavy atom. The van der Waals surface area contributed by atoms with Gasteiger partial charge in [-0.2, -0.15) is 0 Å². The summed E-state index contributed by atoms with van der Waals surface area (Å²) in [6.45, 7) is 3.80.